The predicted molar refractivity (Wildman–Crippen MR) is 47.8 cm³/mol. The summed E-state index contributed by atoms with van der Waals surface area (Å²) in [6.07, 6.45) is 9.19. The number of allylic oxidation sites excluding steroid dienone is 1. The van der Waals surface area contributed by atoms with Crippen LogP contribution in [0, 0.1) is 0 Å². The number of hydrogen-bond acceptors (Lipinski definition) is 0. The van der Waals surface area contributed by atoms with Gasteiger partial charge in [0.05, 0.1) is 0 Å². The van der Waals surface area contributed by atoms with Gasteiger partial charge in [0, 0.05) is 10.2 Å². The van der Waals surface area contributed by atoms with Crippen molar-refractivity contribution in [1.82, 2.24) is 0 Å². The summed E-state index contributed by atoms with van der Waals surface area (Å²) in [6, 6.07) is 0. The van der Waals surface area contributed by atoms with Gasteiger partial charge < -0.3 is 0 Å². The van der Waals surface area contributed by atoms with Gasteiger partial charge in [0.25, 0.3) is 0 Å². The Morgan fingerprint density at radius 3 is 2.56 bits per heavy atom. The maximum absolute atomic E-state index is 2.31. The molecule has 0 saturated heterocycles. The molecule has 0 atom stereocenters. The van der Waals surface area contributed by atoms with E-state index in [-0.39, 0.29) is 0 Å². The molecule has 0 amide bonds. The van der Waals surface area contributed by atoms with Gasteiger partial charge in [-0.05, 0) is 12.8 Å². The third-order valence-electron chi connectivity index (χ3n) is 1.46. The van der Waals surface area contributed by atoms with Gasteiger partial charge >= 0.3 is 0 Å². The topological polar surface area (TPSA) is 0 Å². The van der Waals surface area contributed by atoms with Crippen LogP contribution in [-0.2, 0) is 0 Å². The summed E-state index contributed by atoms with van der Waals surface area (Å²) >= 11 is 0. The Morgan fingerprint density at radius 2 is 2.00 bits per heavy atom. The van der Waals surface area contributed by atoms with Gasteiger partial charge in [-0.25, -0.2) is 0 Å². The highest BCUT2D eigenvalue weighted by atomic mass is 28.1. The third kappa shape index (κ3) is 7.96. The highest BCUT2D eigenvalue weighted by Crippen LogP contribution is 2.01. The largest absolute Gasteiger partial charge is 0.109 e. The highest BCUT2D eigenvalue weighted by molar-refractivity contribution is 6.16. The standard InChI is InChI=1S/C8H18Si/c1-2-3-4-5-6-7-8-9/h7-8H,2-6H2,1,9H3/b8-7+. The quantitative estimate of drug-likeness (QED) is 0.406. The zero-order valence-electron chi connectivity index (χ0n) is 6.69. The minimum absolute atomic E-state index is 1.23. The molecule has 0 saturated carbocycles. The van der Waals surface area contributed by atoms with Crippen molar-refractivity contribution in [2.24, 2.45) is 0 Å². The zero-order valence-corrected chi connectivity index (χ0v) is 8.69. The average molecular weight is 142 g/mol. The van der Waals surface area contributed by atoms with Crippen molar-refractivity contribution in [2.75, 3.05) is 0 Å². The van der Waals surface area contributed by atoms with Crippen LogP contribution in [0.1, 0.15) is 39.0 Å². The van der Waals surface area contributed by atoms with Gasteiger partial charge in [-0.1, -0.05) is 32.3 Å². The van der Waals surface area contributed by atoms with Crippen LogP contribution < -0.4 is 0 Å². The molecule has 54 valence electrons. The van der Waals surface area contributed by atoms with Crippen LogP contribution in [0.3, 0.4) is 0 Å². The molecule has 0 aromatic rings. The smallest absolute Gasteiger partial charge is 0.0287 e. The van der Waals surface area contributed by atoms with Crippen molar-refractivity contribution in [3.05, 3.63) is 11.8 Å². The SMILES string of the molecule is CCCCCC/C=C/[SiH3]. The molecule has 0 aromatic heterocycles. The Kier molecular flexibility index (Phi) is 7.92. The molecule has 0 bridgehead atoms. The van der Waals surface area contributed by atoms with Crippen molar-refractivity contribution in [3.63, 3.8) is 0 Å². The van der Waals surface area contributed by atoms with E-state index in [1.807, 2.05) is 0 Å². The fourth-order valence-corrected chi connectivity index (χ4v) is 1.19. The Labute approximate surface area is 61.8 Å². The molecule has 1 heteroatoms. The van der Waals surface area contributed by atoms with Gasteiger partial charge in [-0.2, -0.15) is 0 Å². The molecule has 0 unspecified atom stereocenters. The summed E-state index contributed by atoms with van der Waals surface area (Å²) in [7, 11) is 1.23. The summed E-state index contributed by atoms with van der Waals surface area (Å²) in [5.74, 6) is 0. The maximum atomic E-state index is 2.31. The van der Waals surface area contributed by atoms with Crippen molar-refractivity contribution < 1.29 is 0 Å². The third-order valence-corrected chi connectivity index (χ3v) is 1.93. The second-order valence-corrected chi connectivity index (χ2v) is 3.09. The van der Waals surface area contributed by atoms with Crippen molar-refractivity contribution in [2.45, 2.75) is 39.0 Å². The Bertz CT molecular complexity index is 67.0. The summed E-state index contributed by atoms with van der Waals surface area (Å²) in [5, 5.41) is 0. The van der Waals surface area contributed by atoms with Crippen molar-refractivity contribution in [1.29, 1.82) is 0 Å². The van der Waals surface area contributed by atoms with Crippen LogP contribution in [-0.4, -0.2) is 10.2 Å². The van der Waals surface area contributed by atoms with E-state index in [4.69, 9.17) is 0 Å². The van der Waals surface area contributed by atoms with Gasteiger partial charge in [-0.3, -0.25) is 0 Å². The molecular formula is C8H18Si. The van der Waals surface area contributed by atoms with Crippen LogP contribution in [0.4, 0.5) is 0 Å². The van der Waals surface area contributed by atoms with E-state index in [0.29, 0.717) is 0 Å². The lowest BCUT2D eigenvalue weighted by Crippen LogP contribution is -1.73. The average Bonchev–Trinajstić information content (AvgIpc) is 1.89. The molecule has 0 aliphatic carbocycles. The Balaban J connectivity index is 2.75. The second-order valence-electron chi connectivity index (χ2n) is 2.42. The van der Waals surface area contributed by atoms with E-state index in [1.165, 1.54) is 42.3 Å². The first-order valence-corrected chi connectivity index (χ1v) is 5.18. The minimum Gasteiger partial charge on any atom is -0.109 e. The fraction of sp³-hybridized carbons (Fsp3) is 0.750. The predicted octanol–water partition coefficient (Wildman–Crippen LogP) is 1.84. The zero-order chi connectivity index (χ0) is 6.95. The van der Waals surface area contributed by atoms with E-state index in [2.05, 4.69) is 18.7 Å². The van der Waals surface area contributed by atoms with E-state index < -0.39 is 0 Å². The first kappa shape index (κ1) is 8.96. The lowest BCUT2D eigenvalue weighted by atomic mass is 10.2. The number of hydrogen-bond donors (Lipinski definition) is 0. The normalized spacial score (nSPS) is 11.2. The molecule has 0 rings (SSSR count). The van der Waals surface area contributed by atoms with Crippen LogP contribution in [0.2, 0.25) is 0 Å². The molecule has 0 heterocycles. The summed E-state index contributed by atoms with van der Waals surface area (Å²) in [5.41, 5.74) is 2.27. The lowest BCUT2D eigenvalue weighted by Gasteiger charge is -1.92. The first-order valence-electron chi connectivity index (χ1n) is 4.03. The molecule has 9 heavy (non-hydrogen) atoms. The second kappa shape index (κ2) is 7.96. The Morgan fingerprint density at radius 1 is 1.22 bits per heavy atom. The molecular weight excluding hydrogens is 124 g/mol. The molecule has 0 aliphatic heterocycles. The molecule has 0 spiro atoms. The highest BCUT2D eigenvalue weighted by Gasteiger charge is 1.82. The fourth-order valence-electron chi connectivity index (χ4n) is 0.856. The minimum atomic E-state index is 1.23. The van der Waals surface area contributed by atoms with Gasteiger partial charge in [0.2, 0.25) is 0 Å². The van der Waals surface area contributed by atoms with Crippen LogP contribution in [0.5, 0.6) is 0 Å². The van der Waals surface area contributed by atoms with Crippen LogP contribution in [0.25, 0.3) is 0 Å². The van der Waals surface area contributed by atoms with E-state index in [0.717, 1.165) is 0 Å². The molecule has 0 fully saturated rings. The maximum Gasteiger partial charge on any atom is 0.0287 e. The van der Waals surface area contributed by atoms with Crippen LogP contribution in [0.15, 0.2) is 11.8 Å². The monoisotopic (exact) mass is 142 g/mol. The summed E-state index contributed by atoms with van der Waals surface area (Å²) in [4.78, 5) is 0. The molecule has 0 radical (unpaired) electrons. The lowest BCUT2D eigenvalue weighted by molar-refractivity contribution is 0.675. The molecule has 0 aromatic carbocycles. The van der Waals surface area contributed by atoms with E-state index in [1.54, 1.807) is 0 Å². The number of unbranched alkanes of at least 4 members (excludes halogenated alkanes) is 4. The van der Waals surface area contributed by atoms with Gasteiger partial charge in [0.15, 0.2) is 0 Å². The van der Waals surface area contributed by atoms with E-state index >= 15 is 0 Å². The van der Waals surface area contributed by atoms with Crippen molar-refractivity contribution in [3.8, 4) is 0 Å². The summed E-state index contributed by atoms with van der Waals surface area (Å²) in [6.45, 7) is 2.25. The van der Waals surface area contributed by atoms with Crippen LogP contribution >= 0.6 is 0 Å². The van der Waals surface area contributed by atoms with Gasteiger partial charge in [0.1, 0.15) is 0 Å². The summed E-state index contributed by atoms with van der Waals surface area (Å²) < 4.78 is 0. The first-order chi connectivity index (χ1) is 4.41. The van der Waals surface area contributed by atoms with E-state index in [9.17, 15) is 0 Å². The Hall–Kier alpha value is -0.0431. The van der Waals surface area contributed by atoms with Gasteiger partial charge in [-0.15, -0.1) is 5.70 Å². The molecule has 0 N–H and O–H groups in total. The molecule has 0 aliphatic rings. The molecule has 0 nitrogen and oxygen atoms in total. The van der Waals surface area contributed by atoms with Crippen molar-refractivity contribution >= 4 is 10.2 Å². The number of rotatable bonds is 5.